The maximum Gasteiger partial charge on any atom is 0.254 e. The highest BCUT2D eigenvalue weighted by atomic mass is 16.6. The molecule has 2 heterocycles. The molecule has 2 N–H and O–H groups in total. The van der Waals surface area contributed by atoms with E-state index in [1.807, 2.05) is 36.4 Å². The molecule has 1 atom stereocenters. The van der Waals surface area contributed by atoms with Crippen LogP contribution >= 0.6 is 0 Å². The van der Waals surface area contributed by atoms with Crippen LogP contribution in [-0.2, 0) is 6.54 Å². The number of nitrogens with two attached hydrogens (primary N) is 1. The molecule has 0 aliphatic carbocycles. The number of ether oxygens (including phenoxy) is 2. The quantitative estimate of drug-likeness (QED) is 0.862. The molecule has 1 unspecified atom stereocenters. The largest absolute Gasteiger partial charge is 0.486 e. The van der Waals surface area contributed by atoms with Gasteiger partial charge in [-0.05, 0) is 29.8 Å². The number of fused-ring (bicyclic) bond motifs is 2. The second kappa shape index (κ2) is 4.94. The lowest BCUT2D eigenvalue weighted by Gasteiger charge is -2.29. The molecule has 0 fully saturated rings. The first-order chi connectivity index (χ1) is 10.7. The Labute approximate surface area is 128 Å². The van der Waals surface area contributed by atoms with Crippen molar-refractivity contribution in [2.75, 3.05) is 18.9 Å². The van der Waals surface area contributed by atoms with E-state index in [1.165, 1.54) is 0 Å². The van der Waals surface area contributed by atoms with E-state index in [9.17, 15) is 4.79 Å². The maximum absolute atomic E-state index is 12.4. The van der Waals surface area contributed by atoms with Crippen LogP contribution in [-0.4, -0.2) is 30.1 Å². The lowest BCUT2D eigenvalue weighted by Crippen LogP contribution is -2.41. The SMILES string of the molecule is Nc1ccc2c(c1)C(=O)N(CC1COc3ccccc3O1)C2. The number of anilines is 1. The Kier molecular flexibility index (Phi) is 2.92. The van der Waals surface area contributed by atoms with Crippen molar-refractivity contribution in [1.82, 2.24) is 4.90 Å². The van der Waals surface area contributed by atoms with Gasteiger partial charge in [-0.3, -0.25) is 4.79 Å². The van der Waals surface area contributed by atoms with Crippen molar-refractivity contribution in [2.45, 2.75) is 12.6 Å². The second-order valence-corrected chi connectivity index (χ2v) is 5.60. The number of rotatable bonds is 2. The Morgan fingerprint density at radius 2 is 2.00 bits per heavy atom. The molecule has 0 spiro atoms. The van der Waals surface area contributed by atoms with E-state index in [-0.39, 0.29) is 12.0 Å². The molecule has 4 rings (SSSR count). The Balaban J connectivity index is 1.49. The molecule has 0 bridgehead atoms. The third kappa shape index (κ3) is 2.15. The summed E-state index contributed by atoms with van der Waals surface area (Å²) in [6.45, 7) is 1.54. The number of hydrogen-bond acceptors (Lipinski definition) is 4. The third-order valence-corrected chi connectivity index (χ3v) is 4.00. The summed E-state index contributed by atoms with van der Waals surface area (Å²) in [6.07, 6.45) is -0.162. The summed E-state index contributed by atoms with van der Waals surface area (Å²) in [5, 5.41) is 0. The van der Waals surface area contributed by atoms with Gasteiger partial charge in [-0.15, -0.1) is 0 Å². The van der Waals surface area contributed by atoms with E-state index in [0.717, 1.165) is 17.1 Å². The second-order valence-electron chi connectivity index (χ2n) is 5.60. The number of carbonyl (C=O) groups is 1. The van der Waals surface area contributed by atoms with Gasteiger partial charge in [0.15, 0.2) is 17.6 Å². The van der Waals surface area contributed by atoms with Crippen molar-refractivity contribution in [2.24, 2.45) is 0 Å². The molecule has 2 aliphatic rings. The lowest BCUT2D eigenvalue weighted by molar-refractivity contribution is 0.0478. The van der Waals surface area contributed by atoms with Crippen molar-refractivity contribution in [1.29, 1.82) is 0 Å². The fourth-order valence-electron chi connectivity index (χ4n) is 2.93. The molecule has 22 heavy (non-hydrogen) atoms. The predicted octanol–water partition coefficient (Wildman–Crippen LogP) is 2.06. The Bertz CT molecular complexity index is 744. The van der Waals surface area contributed by atoms with Crippen LogP contribution < -0.4 is 15.2 Å². The Morgan fingerprint density at radius 3 is 2.86 bits per heavy atom. The van der Waals surface area contributed by atoms with E-state index >= 15 is 0 Å². The smallest absolute Gasteiger partial charge is 0.254 e. The highest BCUT2D eigenvalue weighted by Gasteiger charge is 2.31. The van der Waals surface area contributed by atoms with Crippen molar-refractivity contribution < 1.29 is 14.3 Å². The van der Waals surface area contributed by atoms with Crippen molar-refractivity contribution >= 4 is 11.6 Å². The van der Waals surface area contributed by atoms with Gasteiger partial charge >= 0.3 is 0 Å². The fraction of sp³-hybridized carbons (Fsp3) is 0.235. The maximum atomic E-state index is 12.4. The van der Waals surface area contributed by atoms with Crippen LogP contribution in [0.1, 0.15) is 15.9 Å². The van der Waals surface area contributed by atoms with Crippen LogP contribution in [0.15, 0.2) is 42.5 Å². The summed E-state index contributed by atoms with van der Waals surface area (Å²) in [6, 6.07) is 13.1. The first-order valence-corrected chi connectivity index (χ1v) is 7.27. The van der Waals surface area contributed by atoms with Crippen molar-refractivity contribution in [3.8, 4) is 11.5 Å². The molecule has 1 amide bonds. The van der Waals surface area contributed by atoms with Gasteiger partial charge in [-0.2, -0.15) is 0 Å². The number of carbonyl (C=O) groups excluding carboxylic acids is 1. The predicted molar refractivity (Wildman–Crippen MR) is 81.9 cm³/mol. The van der Waals surface area contributed by atoms with Crippen molar-refractivity contribution in [3.05, 3.63) is 53.6 Å². The van der Waals surface area contributed by atoms with Gasteiger partial charge in [-0.1, -0.05) is 18.2 Å². The van der Waals surface area contributed by atoms with E-state index in [2.05, 4.69) is 0 Å². The Morgan fingerprint density at radius 1 is 1.18 bits per heavy atom. The topological polar surface area (TPSA) is 64.8 Å². The summed E-state index contributed by atoms with van der Waals surface area (Å²) < 4.78 is 11.6. The molecule has 2 aliphatic heterocycles. The van der Waals surface area contributed by atoms with Gasteiger partial charge in [0.1, 0.15) is 6.61 Å². The highest BCUT2D eigenvalue weighted by molar-refractivity contribution is 5.99. The normalized spacial score (nSPS) is 19.2. The van der Waals surface area contributed by atoms with Gasteiger partial charge in [0.2, 0.25) is 0 Å². The zero-order chi connectivity index (χ0) is 15.1. The number of nitrogen functional groups attached to an aromatic ring is 1. The third-order valence-electron chi connectivity index (χ3n) is 4.00. The monoisotopic (exact) mass is 296 g/mol. The van der Waals surface area contributed by atoms with Crippen molar-refractivity contribution in [3.63, 3.8) is 0 Å². The fourth-order valence-corrected chi connectivity index (χ4v) is 2.93. The highest BCUT2D eigenvalue weighted by Crippen LogP contribution is 2.32. The summed E-state index contributed by atoms with van der Waals surface area (Å²) >= 11 is 0. The summed E-state index contributed by atoms with van der Waals surface area (Å²) in [4.78, 5) is 14.2. The summed E-state index contributed by atoms with van der Waals surface area (Å²) in [7, 11) is 0. The van der Waals surface area contributed by atoms with Gasteiger partial charge in [0.05, 0.1) is 6.54 Å². The molecule has 5 nitrogen and oxygen atoms in total. The Hall–Kier alpha value is -2.69. The molecule has 112 valence electrons. The van der Waals surface area contributed by atoms with E-state index in [1.54, 1.807) is 11.0 Å². The molecule has 0 saturated heterocycles. The molecule has 5 heteroatoms. The number of benzene rings is 2. The van der Waals surface area contributed by atoms with Crippen LogP contribution in [0.25, 0.3) is 0 Å². The summed E-state index contributed by atoms with van der Waals surface area (Å²) in [5.41, 5.74) is 8.07. The molecule has 0 radical (unpaired) electrons. The molecule has 0 aromatic heterocycles. The van der Waals surface area contributed by atoms with Crippen LogP contribution in [0.4, 0.5) is 5.69 Å². The van der Waals surface area contributed by atoms with E-state index in [4.69, 9.17) is 15.2 Å². The number of hydrogen-bond donors (Lipinski definition) is 1. The van der Waals surface area contributed by atoms with Gasteiger partial charge < -0.3 is 20.1 Å². The number of nitrogens with zero attached hydrogens (tertiary/aromatic N) is 1. The minimum Gasteiger partial charge on any atom is -0.486 e. The molecule has 0 saturated carbocycles. The van der Waals surface area contributed by atoms with Crippen LogP contribution in [0.2, 0.25) is 0 Å². The average molecular weight is 296 g/mol. The van der Waals surface area contributed by atoms with E-state index < -0.39 is 0 Å². The van der Waals surface area contributed by atoms with Gasteiger partial charge in [0, 0.05) is 17.8 Å². The number of amides is 1. The molecular weight excluding hydrogens is 280 g/mol. The van der Waals surface area contributed by atoms with Crippen LogP contribution in [0.5, 0.6) is 11.5 Å². The van der Waals surface area contributed by atoms with Crippen LogP contribution in [0.3, 0.4) is 0 Å². The molecule has 2 aromatic rings. The van der Waals surface area contributed by atoms with Gasteiger partial charge in [-0.25, -0.2) is 0 Å². The van der Waals surface area contributed by atoms with E-state index in [0.29, 0.717) is 30.9 Å². The summed E-state index contributed by atoms with van der Waals surface area (Å²) in [5.74, 6) is 1.49. The van der Waals surface area contributed by atoms with Crippen LogP contribution in [0, 0.1) is 0 Å². The standard InChI is InChI=1S/C17H16N2O3/c18-12-6-5-11-8-19(17(20)14(11)7-12)9-13-10-21-15-3-1-2-4-16(15)22-13/h1-7,13H,8-10,18H2. The lowest BCUT2D eigenvalue weighted by atomic mass is 10.1. The molecular formula is C17H16N2O3. The number of para-hydroxylation sites is 2. The van der Waals surface area contributed by atoms with Gasteiger partial charge in [0.25, 0.3) is 5.91 Å². The zero-order valence-electron chi connectivity index (χ0n) is 12.0. The zero-order valence-corrected chi connectivity index (χ0v) is 12.0. The minimum atomic E-state index is -0.162. The molecule has 2 aromatic carbocycles. The minimum absolute atomic E-state index is 0.00441. The first-order valence-electron chi connectivity index (χ1n) is 7.27. The first kappa shape index (κ1) is 13.0. The average Bonchev–Trinajstić information content (AvgIpc) is 2.83.